The van der Waals surface area contributed by atoms with Gasteiger partial charge in [-0.2, -0.15) is 0 Å². The topological polar surface area (TPSA) is 80.9 Å². The Morgan fingerprint density at radius 1 is 1.23 bits per heavy atom. The van der Waals surface area contributed by atoms with E-state index < -0.39 is 12.1 Å². The average molecular weight is 366 g/mol. The summed E-state index contributed by atoms with van der Waals surface area (Å²) in [6, 6.07) is 14.5. The van der Waals surface area contributed by atoms with E-state index in [1.165, 1.54) is 18.3 Å². The van der Waals surface area contributed by atoms with Crippen molar-refractivity contribution < 1.29 is 14.6 Å². The first-order chi connectivity index (χ1) is 12.5. The van der Waals surface area contributed by atoms with Crippen LogP contribution in [0.25, 0.3) is 22.1 Å². The molecule has 2 heterocycles. The van der Waals surface area contributed by atoms with Crippen LogP contribution in [0.5, 0.6) is 5.75 Å². The van der Waals surface area contributed by atoms with Crippen LogP contribution >= 0.6 is 11.3 Å². The first kappa shape index (κ1) is 16.3. The molecule has 0 saturated carbocycles. The van der Waals surface area contributed by atoms with E-state index in [-0.39, 0.29) is 5.56 Å². The van der Waals surface area contributed by atoms with Gasteiger partial charge in [0.25, 0.3) is 5.56 Å². The van der Waals surface area contributed by atoms with Crippen molar-refractivity contribution in [1.29, 1.82) is 0 Å². The van der Waals surface area contributed by atoms with Crippen LogP contribution in [0.4, 0.5) is 0 Å². The summed E-state index contributed by atoms with van der Waals surface area (Å²) in [5.74, 6) is -0.558. The molecular formula is C19H14N2O4S. The molecule has 1 atom stereocenters. The molecule has 2 aromatic heterocycles. The molecule has 1 N–H and O–H groups in total. The maximum atomic E-state index is 12.7. The zero-order chi connectivity index (χ0) is 18.3. The molecular weight excluding hydrogens is 352 g/mol. The molecule has 0 bridgehead atoms. The Labute approximate surface area is 151 Å². The first-order valence-corrected chi connectivity index (χ1v) is 8.76. The van der Waals surface area contributed by atoms with Gasteiger partial charge in [0.05, 0.1) is 15.6 Å². The lowest BCUT2D eigenvalue weighted by molar-refractivity contribution is -0.144. The van der Waals surface area contributed by atoms with Crippen molar-refractivity contribution in [2.24, 2.45) is 0 Å². The minimum absolute atomic E-state index is 0.0986. The second-order valence-electron chi connectivity index (χ2n) is 5.80. The quantitative estimate of drug-likeness (QED) is 0.599. The normalized spacial score (nSPS) is 13.3. The molecule has 4 rings (SSSR count). The summed E-state index contributed by atoms with van der Waals surface area (Å²) in [7, 11) is 0. The van der Waals surface area contributed by atoms with Gasteiger partial charge >= 0.3 is 5.97 Å². The van der Waals surface area contributed by atoms with Gasteiger partial charge in [-0.25, -0.2) is 14.2 Å². The third-order valence-electron chi connectivity index (χ3n) is 3.98. The molecule has 0 aliphatic heterocycles. The van der Waals surface area contributed by atoms with Crippen LogP contribution < -0.4 is 14.8 Å². The van der Waals surface area contributed by atoms with Crippen LogP contribution in [-0.2, 0) is 4.79 Å². The van der Waals surface area contributed by atoms with Crippen molar-refractivity contribution in [2.75, 3.05) is 0 Å². The average Bonchev–Trinajstić information content (AvgIpc) is 3.13. The lowest BCUT2D eigenvalue weighted by Crippen LogP contribution is -2.23. The summed E-state index contributed by atoms with van der Waals surface area (Å²) >= 11 is 1.34. The monoisotopic (exact) mass is 366 g/mol. The Bertz CT molecular complexity index is 1220. The first-order valence-electron chi connectivity index (χ1n) is 7.94. The van der Waals surface area contributed by atoms with Crippen molar-refractivity contribution in [3.8, 4) is 5.75 Å². The summed E-state index contributed by atoms with van der Waals surface area (Å²) < 4.78 is 7.51. The van der Waals surface area contributed by atoms with Gasteiger partial charge in [0.2, 0.25) is 0 Å². The van der Waals surface area contributed by atoms with Crippen LogP contribution in [0.2, 0.25) is 0 Å². The SMILES string of the molecule is C[C@@H](Oc1ccc(/C=c2\sc3nc4ccccc4n3c2=O)cc1)C(=O)O. The third kappa shape index (κ3) is 2.82. The standard InChI is InChI=1S/C19H14N2O4S/c1-11(18(23)24)25-13-8-6-12(7-9-13)10-16-17(22)21-15-5-3-2-4-14(15)20-19(21)26-16/h2-11H,1H3,(H,23,24)/b16-10-/t11-/m1/s1. The number of imidazole rings is 1. The molecule has 0 saturated heterocycles. The number of nitrogens with zero attached hydrogens (tertiary/aromatic N) is 2. The maximum absolute atomic E-state index is 12.7. The van der Waals surface area contributed by atoms with Gasteiger partial charge in [0.1, 0.15) is 5.75 Å². The molecule has 7 heteroatoms. The van der Waals surface area contributed by atoms with Crippen LogP contribution in [-0.4, -0.2) is 26.6 Å². The highest BCUT2D eigenvalue weighted by atomic mass is 32.1. The molecule has 0 radical (unpaired) electrons. The minimum atomic E-state index is -1.02. The number of ether oxygens (including phenoxy) is 1. The zero-order valence-corrected chi connectivity index (χ0v) is 14.6. The number of carboxylic acid groups (broad SMARTS) is 1. The number of aromatic nitrogens is 2. The van der Waals surface area contributed by atoms with Crippen molar-refractivity contribution in [3.05, 3.63) is 69.0 Å². The third-order valence-corrected chi connectivity index (χ3v) is 4.95. The number of hydrogen-bond acceptors (Lipinski definition) is 5. The molecule has 0 aliphatic carbocycles. The number of hydrogen-bond donors (Lipinski definition) is 1. The number of rotatable bonds is 4. The lowest BCUT2D eigenvalue weighted by Gasteiger charge is -2.09. The van der Waals surface area contributed by atoms with Crippen molar-refractivity contribution in [2.45, 2.75) is 13.0 Å². The smallest absolute Gasteiger partial charge is 0.344 e. The van der Waals surface area contributed by atoms with Crippen molar-refractivity contribution in [1.82, 2.24) is 9.38 Å². The fraction of sp³-hybridized carbons (Fsp3) is 0.105. The Morgan fingerprint density at radius 2 is 1.96 bits per heavy atom. The highest BCUT2D eigenvalue weighted by Crippen LogP contribution is 2.17. The van der Waals surface area contributed by atoms with E-state index in [1.807, 2.05) is 24.3 Å². The number of benzene rings is 2. The molecule has 26 heavy (non-hydrogen) atoms. The van der Waals surface area contributed by atoms with E-state index >= 15 is 0 Å². The summed E-state index contributed by atoms with van der Waals surface area (Å²) in [6.45, 7) is 1.47. The van der Waals surface area contributed by atoms with Gasteiger partial charge in [-0.3, -0.25) is 4.79 Å². The van der Waals surface area contributed by atoms with Gasteiger partial charge in [-0.05, 0) is 42.8 Å². The number of para-hydroxylation sites is 2. The molecule has 130 valence electrons. The van der Waals surface area contributed by atoms with Crippen LogP contribution in [0, 0.1) is 0 Å². The number of fused-ring (bicyclic) bond motifs is 3. The molecule has 0 aliphatic rings. The molecule has 0 spiro atoms. The minimum Gasteiger partial charge on any atom is -0.479 e. The largest absolute Gasteiger partial charge is 0.479 e. The van der Waals surface area contributed by atoms with E-state index in [0.717, 1.165) is 16.6 Å². The second kappa shape index (κ2) is 6.27. The van der Waals surface area contributed by atoms with Gasteiger partial charge in [-0.1, -0.05) is 35.6 Å². The number of carbonyl (C=O) groups is 1. The summed E-state index contributed by atoms with van der Waals surface area (Å²) in [5.41, 5.74) is 2.33. The second-order valence-corrected chi connectivity index (χ2v) is 6.81. The van der Waals surface area contributed by atoms with Crippen LogP contribution in [0.3, 0.4) is 0 Å². The molecule has 0 unspecified atom stereocenters. The predicted molar refractivity (Wildman–Crippen MR) is 99.8 cm³/mol. The highest BCUT2D eigenvalue weighted by molar-refractivity contribution is 7.15. The zero-order valence-electron chi connectivity index (χ0n) is 13.7. The molecule has 6 nitrogen and oxygen atoms in total. The predicted octanol–water partition coefficient (Wildman–Crippen LogP) is 2.31. The molecule has 4 aromatic rings. The molecule has 2 aromatic carbocycles. The van der Waals surface area contributed by atoms with Crippen molar-refractivity contribution in [3.63, 3.8) is 0 Å². The number of aliphatic carboxylic acids is 1. The van der Waals surface area contributed by atoms with Gasteiger partial charge in [0, 0.05) is 0 Å². The molecule has 0 amide bonds. The fourth-order valence-corrected chi connectivity index (χ4v) is 3.65. The Hall–Kier alpha value is -3.19. The van der Waals surface area contributed by atoms with Crippen LogP contribution in [0.1, 0.15) is 12.5 Å². The van der Waals surface area contributed by atoms with E-state index in [1.54, 1.807) is 34.7 Å². The number of thiazole rings is 1. The Balaban J connectivity index is 1.71. The Morgan fingerprint density at radius 3 is 2.69 bits per heavy atom. The summed E-state index contributed by atoms with van der Waals surface area (Å²) in [4.78, 5) is 28.7. The van der Waals surface area contributed by atoms with Gasteiger partial charge in [-0.15, -0.1) is 0 Å². The highest BCUT2D eigenvalue weighted by Gasteiger charge is 2.12. The summed E-state index contributed by atoms with van der Waals surface area (Å²) in [6.07, 6.45) is 0.873. The van der Waals surface area contributed by atoms with Gasteiger partial charge in [0.15, 0.2) is 11.1 Å². The fourth-order valence-electron chi connectivity index (χ4n) is 2.66. The molecule has 0 fully saturated rings. The van der Waals surface area contributed by atoms with Gasteiger partial charge < -0.3 is 9.84 Å². The maximum Gasteiger partial charge on any atom is 0.344 e. The van der Waals surface area contributed by atoms with E-state index in [0.29, 0.717) is 15.2 Å². The van der Waals surface area contributed by atoms with Crippen molar-refractivity contribution >= 4 is 39.4 Å². The summed E-state index contributed by atoms with van der Waals surface area (Å²) in [5, 5.41) is 8.87. The van der Waals surface area contributed by atoms with E-state index in [4.69, 9.17) is 9.84 Å². The lowest BCUT2D eigenvalue weighted by atomic mass is 10.2. The van der Waals surface area contributed by atoms with E-state index in [2.05, 4.69) is 4.98 Å². The Kier molecular flexibility index (Phi) is 3.93. The number of carboxylic acids is 1. The van der Waals surface area contributed by atoms with Crippen LogP contribution in [0.15, 0.2) is 53.3 Å². The van der Waals surface area contributed by atoms with E-state index in [9.17, 15) is 9.59 Å².